The normalized spacial score (nSPS) is 13.2. The number of benzene rings is 2. The lowest BCUT2D eigenvalue weighted by Crippen LogP contribution is -2.45. The van der Waals surface area contributed by atoms with Crippen LogP contribution in [0, 0.1) is 0 Å². The van der Waals surface area contributed by atoms with Crippen molar-refractivity contribution in [3.63, 3.8) is 0 Å². The van der Waals surface area contributed by atoms with Crippen LogP contribution in [0.3, 0.4) is 0 Å². The van der Waals surface area contributed by atoms with Crippen molar-refractivity contribution >= 4 is 23.2 Å². The van der Waals surface area contributed by atoms with Crippen LogP contribution in [0.25, 0.3) is 0 Å². The van der Waals surface area contributed by atoms with E-state index in [1.54, 1.807) is 16.9 Å². The second-order valence-electron chi connectivity index (χ2n) is 6.99. The number of nitrogens with zero attached hydrogens (tertiary/aromatic N) is 3. The fraction of sp³-hybridized carbons (Fsp3) is 0.250. The van der Waals surface area contributed by atoms with Crippen molar-refractivity contribution in [2.24, 2.45) is 0 Å². The van der Waals surface area contributed by atoms with Crippen molar-refractivity contribution in [3.8, 4) is 11.6 Å². The largest absolute Gasteiger partial charge is 0.497 e. The average molecular weight is 403 g/mol. The first-order chi connectivity index (χ1) is 14.6. The maximum Gasteiger partial charge on any atom is 0.335 e. The van der Waals surface area contributed by atoms with Gasteiger partial charge < -0.3 is 9.47 Å². The molecule has 0 radical (unpaired) electrons. The molecule has 1 aromatic heterocycles. The van der Waals surface area contributed by atoms with E-state index in [0.717, 1.165) is 29.1 Å². The third-order valence-corrected chi connectivity index (χ3v) is 5.17. The zero-order chi connectivity index (χ0) is 21.1. The Morgan fingerprint density at radius 1 is 0.933 bits per heavy atom. The molecule has 2 amide bonds. The molecule has 2 heterocycles. The SMILES string of the molecule is CCOc1ccc2c(n1)N(c1ccc(OC)cc1)C(=O)N(c1ccc(CC)cc1)C2. The average Bonchev–Trinajstić information content (AvgIpc) is 2.79. The van der Waals surface area contributed by atoms with Gasteiger partial charge in [-0.3, -0.25) is 4.90 Å². The molecule has 1 aliphatic rings. The second-order valence-corrected chi connectivity index (χ2v) is 6.99. The molecule has 6 nitrogen and oxygen atoms in total. The third-order valence-electron chi connectivity index (χ3n) is 5.17. The molecule has 1 aliphatic heterocycles. The Labute approximate surface area is 176 Å². The van der Waals surface area contributed by atoms with Gasteiger partial charge in [0.1, 0.15) is 11.6 Å². The molecule has 0 fully saturated rings. The maximum atomic E-state index is 13.6. The zero-order valence-electron chi connectivity index (χ0n) is 17.5. The number of urea groups is 1. The van der Waals surface area contributed by atoms with Gasteiger partial charge in [0.15, 0.2) is 0 Å². The standard InChI is InChI=1S/C24H25N3O3/c1-4-17-6-9-19(10-7-17)26-16-18-8-15-22(30-5-2)25-23(18)27(24(26)28)20-11-13-21(29-3)14-12-20/h6-15H,4-5,16H2,1-3H3. The number of hydrogen-bond donors (Lipinski definition) is 0. The highest BCUT2D eigenvalue weighted by Crippen LogP contribution is 2.37. The molecule has 0 unspecified atom stereocenters. The highest BCUT2D eigenvalue weighted by Gasteiger charge is 2.34. The molecular formula is C24H25N3O3. The van der Waals surface area contributed by atoms with Gasteiger partial charge in [-0.1, -0.05) is 19.1 Å². The summed E-state index contributed by atoms with van der Waals surface area (Å²) >= 11 is 0. The summed E-state index contributed by atoms with van der Waals surface area (Å²) in [4.78, 5) is 21.6. The third kappa shape index (κ3) is 3.68. The van der Waals surface area contributed by atoms with E-state index in [0.29, 0.717) is 24.8 Å². The van der Waals surface area contributed by atoms with Gasteiger partial charge in [0.2, 0.25) is 5.88 Å². The summed E-state index contributed by atoms with van der Waals surface area (Å²) in [5.41, 5.74) is 3.76. The Kier molecular flexibility index (Phi) is 5.57. The molecule has 0 saturated carbocycles. The van der Waals surface area contributed by atoms with Gasteiger partial charge in [-0.2, -0.15) is 4.98 Å². The van der Waals surface area contributed by atoms with E-state index in [1.807, 2.05) is 55.5 Å². The molecule has 30 heavy (non-hydrogen) atoms. The summed E-state index contributed by atoms with van der Waals surface area (Å²) in [6.07, 6.45) is 0.957. The van der Waals surface area contributed by atoms with Crippen molar-refractivity contribution in [2.45, 2.75) is 26.8 Å². The lowest BCUT2D eigenvalue weighted by molar-refractivity contribution is 0.252. The fourth-order valence-corrected chi connectivity index (χ4v) is 3.53. The Balaban J connectivity index is 1.79. The van der Waals surface area contributed by atoms with Gasteiger partial charge in [0.05, 0.1) is 25.9 Å². The van der Waals surface area contributed by atoms with Crippen LogP contribution in [0.1, 0.15) is 25.0 Å². The van der Waals surface area contributed by atoms with Crippen LogP contribution in [0.5, 0.6) is 11.6 Å². The van der Waals surface area contributed by atoms with E-state index in [1.165, 1.54) is 5.56 Å². The number of hydrogen-bond acceptors (Lipinski definition) is 4. The Bertz CT molecular complexity index is 1030. The van der Waals surface area contributed by atoms with Crippen molar-refractivity contribution < 1.29 is 14.3 Å². The summed E-state index contributed by atoms with van der Waals surface area (Å²) in [6.45, 7) is 4.99. The van der Waals surface area contributed by atoms with E-state index in [2.05, 4.69) is 24.0 Å². The molecule has 0 bridgehead atoms. The molecule has 0 N–H and O–H groups in total. The van der Waals surface area contributed by atoms with Crippen LogP contribution in [0.2, 0.25) is 0 Å². The van der Waals surface area contributed by atoms with Crippen molar-refractivity contribution in [3.05, 3.63) is 71.8 Å². The predicted molar refractivity (Wildman–Crippen MR) is 118 cm³/mol. The predicted octanol–water partition coefficient (Wildman–Crippen LogP) is 5.33. The Morgan fingerprint density at radius 2 is 1.63 bits per heavy atom. The molecule has 0 aliphatic carbocycles. The highest BCUT2D eigenvalue weighted by atomic mass is 16.5. The number of ether oxygens (including phenoxy) is 2. The quantitative estimate of drug-likeness (QED) is 0.558. The summed E-state index contributed by atoms with van der Waals surface area (Å²) in [5, 5.41) is 0. The monoisotopic (exact) mass is 403 g/mol. The van der Waals surface area contributed by atoms with Gasteiger partial charge in [-0.25, -0.2) is 9.69 Å². The number of rotatable bonds is 6. The van der Waals surface area contributed by atoms with Crippen LogP contribution in [-0.4, -0.2) is 24.7 Å². The van der Waals surface area contributed by atoms with E-state index in [4.69, 9.17) is 9.47 Å². The van der Waals surface area contributed by atoms with Gasteiger partial charge in [-0.05, 0) is 61.4 Å². The Hall–Kier alpha value is -3.54. The molecule has 0 spiro atoms. The summed E-state index contributed by atoms with van der Waals surface area (Å²) < 4.78 is 10.8. The number of pyridine rings is 1. The molecule has 154 valence electrons. The number of carbonyl (C=O) groups excluding carboxylic acids is 1. The molecule has 4 rings (SSSR count). The van der Waals surface area contributed by atoms with Crippen LogP contribution >= 0.6 is 0 Å². The smallest absolute Gasteiger partial charge is 0.335 e. The van der Waals surface area contributed by atoms with Crippen molar-refractivity contribution in [1.29, 1.82) is 0 Å². The number of amides is 2. The van der Waals surface area contributed by atoms with Gasteiger partial charge >= 0.3 is 6.03 Å². The lowest BCUT2D eigenvalue weighted by Gasteiger charge is -2.36. The lowest BCUT2D eigenvalue weighted by atomic mass is 10.1. The first-order valence-electron chi connectivity index (χ1n) is 10.1. The number of anilines is 3. The highest BCUT2D eigenvalue weighted by molar-refractivity contribution is 6.10. The molecular weight excluding hydrogens is 378 g/mol. The molecule has 2 aromatic carbocycles. The minimum atomic E-state index is -0.155. The number of aromatic nitrogens is 1. The van der Waals surface area contributed by atoms with Crippen LogP contribution < -0.4 is 19.3 Å². The molecule has 0 atom stereocenters. The van der Waals surface area contributed by atoms with Crippen molar-refractivity contribution in [2.75, 3.05) is 23.5 Å². The molecule has 0 saturated heterocycles. The van der Waals surface area contributed by atoms with Crippen molar-refractivity contribution in [1.82, 2.24) is 4.98 Å². The van der Waals surface area contributed by atoms with Gasteiger partial charge in [-0.15, -0.1) is 0 Å². The van der Waals surface area contributed by atoms with E-state index >= 15 is 0 Å². The summed E-state index contributed by atoms with van der Waals surface area (Å²) in [7, 11) is 1.62. The molecule has 6 heteroatoms. The maximum absolute atomic E-state index is 13.6. The van der Waals surface area contributed by atoms with Crippen LogP contribution in [0.4, 0.5) is 22.0 Å². The first-order valence-corrected chi connectivity index (χ1v) is 10.1. The van der Waals surface area contributed by atoms with Crippen LogP contribution in [0.15, 0.2) is 60.7 Å². The number of aryl methyl sites for hydroxylation is 1. The molecule has 3 aromatic rings. The zero-order valence-corrected chi connectivity index (χ0v) is 17.5. The van der Waals surface area contributed by atoms with Gasteiger partial charge in [0.25, 0.3) is 0 Å². The second kappa shape index (κ2) is 8.45. The first kappa shape index (κ1) is 19.8. The number of methoxy groups -OCH3 is 1. The van der Waals surface area contributed by atoms with E-state index < -0.39 is 0 Å². The van der Waals surface area contributed by atoms with Gasteiger partial charge in [0, 0.05) is 17.3 Å². The fourth-order valence-electron chi connectivity index (χ4n) is 3.53. The summed E-state index contributed by atoms with van der Waals surface area (Å²) in [6, 6.07) is 19.2. The number of fused-ring (bicyclic) bond motifs is 1. The topological polar surface area (TPSA) is 54.9 Å². The van der Waals surface area contributed by atoms with Crippen LogP contribution in [-0.2, 0) is 13.0 Å². The Morgan fingerprint density at radius 3 is 2.27 bits per heavy atom. The minimum absolute atomic E-state index is 0.155. The number of carbonyl (C=O) groups is 1. The minimum Gasteiger partial charge on any atom is -0.497 e. The summed E-state index contributed by atoms with van der Waals surface area (Å²) in [5.74, 6) is 1.83. The van der Waals surface area contributed by atoms with E-state index in [9.17, 15) is 4.79 Å². The van der Waals surface area contributed by atoms with E-state index in [-0.39, 0.29) is 6.03 Å².